The van der Waals surface area contributed by atoms with Gasteiger partial charge >= 0.3 is 4.87 Å². The van der Waals surface area contributed by atoms with Crippen LogP contribution >= 0.6 is 11.3 Å². The fraction of sp³-hybridized carbons (Fsp3) is 0.353. The summed E-state index contributed by atoms with van der Waals surface area (Å²) >= 11 is 1.28. The molecule has 124 valence electrons. The van der Waals surface area contributed by atoms with Crippen molar-refractivity contribution in [2.24, 2.45) is 0 Å². The third-order valence-corrected chi connectivity index (χ3v) is 5.25. The van der Waals surface area contributed by atoms with E-state index < -0.39 is 0 Å². The van der Waals surface area contributed by atoms with Gasteiger partial charge in [0.05, 0.1) is 10.2 Å². The Morgan fingerprint density at radius 1 is 1.12 bits per heavy atom. The van der Waals surface area contributed by atoms with Crippen LogP contribution in [0.15, 0.2) is 41.5 Å². The van der Waals surface area contributed by atoms with Gasteiger partial charge in [-0.25, -0.2) is 9.97 Å². The molecule has 2 aromatic heterocycles. The molecule has 1 aliphatic rings. The Morgan fingerprint density at radius 2 is 1.92 bits per heavy atom. The van der Waals surface area contributed by atoms with Gasteiger partial charge < -0.3 is 9.88 Å². The number of benzene rings is 1. The Hall–Kier alpha value is -2.25. The fourth-order valence-corrected chi connectivity index (χ4v) is 3.86. The molecule has 0 amide bonds. The van der Waals surface area contributed by atoms with Crippen LogP contribution in [0.4, 0.5) is 5.95 Å². The Morgan fingerprint density at radius 3 is 2.71 bits per heavy atom. The summed E-state index contributed by atoms with van der Waals surface area (Å²) in [4.78, 5) is 27.6. The molecular formula is C17H19N5OS. The van der Waals surface area contributed by atoms with Crippen molar-refractivity contribution in [3.63, 3.8) is 0 Å². The second-order valence-corrected chi connectivity index (χ2v) is 6.99. The van der Waals surface area contributed by atoms with Crippen molar-refractivity contribution in [1.82, 2.24) is 19.9 Å². The number of hydrogen-bond acceptors (Lipinski definition) is 6. The number of fused-ring (bicyclic) bond motifs is 1. The van der Waals surface area contributed by atoms with Gasteiger partial charge in [0.2, 0.25) is 5.95 Å². The number of aromatic nitrogens is 3. The molecule has 0 aliphatic carbocycles. The summed E-state index contributed by atoms with van der Waals surface area (Å²) < 4.78 is 1.04. The number of piperazine rings is 1. The monoisotopic (exact) mass is 341 g/mol. The standard InChI is InChI=1S/C17H19N5OS/c23-17-20-14-3-2-13(12-15(14)24-17)4-7-21-8-10-22(11-9-21)16-18-5-1-6-19-16/h1-3,5-6,12H,4,7-11H2,(H,20,23). The van der Waals surface area contributed by atoms with E-state index in [1.165, 1.54) is 16.9 Å². The van der Waals surface area contributed by atoms with Crippen LogP contribution < -0.4 is 9.77 Å². The largest absolute Gasteiger partial charge is 0.338 e. The number of thiazole rings is 1. The average Bonchev–Trinajstić information content (AvgIpc) is 3.00. The molecule has 0 saturated carbocycles. The number of hydrogen-bond donors (Lipinski definition) is 1. The molecule has 6 nitrogen and oxygen atoms in total. The van der Waals surface area contributed by atoms with E-state index in [0.29, 0.717) is 0 Å². The lowest BCUT2D eigenvalue weighted by Crippen LogP contribution is -2.47. The number of nitrogens with one attached hydrogen (secondary N) is 1. The molecular weight excluding hydrogens is 322 g/mol. The molecule has 3 aromatic rings. The van der Waals surface area contributed by atoms with Gasteiger partial charge in [-0.15, -0.1) is 0 Å². The van der Waals surface area contributed by atoms with Gasteiger partial charge in [-0.1, -0.05) is 17.4 Å². The van der Waals surface area contributed by atoms with E-state index in [2.05, 4.69) is 36.9 Å². The van der Waals surface area contributed by atoms with E-state index in [-0.39, 0.29) is 4.87 Å². The van der Waals surface area contributed by atoms with Crippen LogP contribution in [0, 0.1) is 0 Å². The van der Waals surface area contributed by atoms with Crippen LogP contribution in [0.1, 0.15) is 5.56 Å². The predicted molar refractivity (Wildman–Crippen MR) is 96.8 cm³/mol. The van der Waals surface area contributed by atoms with Crippen molar-refractivity contribution in [3.05, 3.63) is 51.9 Å². The summed E-state index contributed by atoms with van der Waals surface area (Å²) in [5.41, 5.74) is 2.22. The summed E-state index contributed by atoms with van der Waals surface area (Å²) in [6.45, 7) is 5.01. The van der Waals surface area contributed by atoms with Crippen LogP contribution in [-0.2, 0) is 6.42 Å². The summed E-state index contributed by atoms with van der Waals surface area (Å²) in [5, 5.41) is 0. The van der Waals surface area contributed by atoms with E-state index in [1.54, 1.807) is 12.4 Å². The third kappa shape index (κ3) is 3.32. The van der Waals surface area contributed by atoms with Crippen LogP contribution in [0.5, 0.6) is 0 Å². The van der Waals surface area contributed by atoms with Crippen LogP contribution in [0.25, 0.3) is 10.2 Å². The Labute approximate surface area is 143 Å². The molecule has 1 saturated heterocycles. The third-order valence-electron chi connectivity index (χ3n) is 4.41. The van der Waals surface area contributed by atoms with Crippen LogP contribution in [0.3, 0.4) is 0 Å². The molecule has 4 rings (SSSR count). The number of nitrogens with zero attached hydrogens (tertiary/aromatic N) is 4. The molecule has 1 aliphatic heterocycles. The number of aromatic amines is 1. The first-order valence-electron chi connectivity index (χ1n) is 8.14. The van der Waals surface area contributed by atoms with E-state index in [0.717, 1.165) is 55.3 Å². The molecule has 3 heterocycles. The van der Waals surface area contributed by atoms with E-state index in [9.17, 15) is 4.79 Å². The molecule has 0 radical (unpaired) electrons. The predicted octanol–water partition coefficient (Wildman–Crippen LogP) is 1.74. The highest BCUT2D eigenvalue weighted by Crippen LogP contribution is 2.17. The van der Waals surface area contributed by atoms with Crippen molar-refractivity contribution in [2.75, 3.05) is 37.6 Å². The molecule has 1 fully saturated rings. The number of rotatable bonds is 4. The lowest BCUT2D eigenvalue weighted by molar-refractivity contribution is 0.260. The van der Waals surface area contributed by atoms with E-state index >= 15 is 0 Å². The fourth-order valence-electron chi connectivity index (χ4n) is 3.06. The lowest BCUT2D eigenvalue weighted by Gasteiger charge is -2.34. The first-order valence-corrected chi connectivity index (χ1v) is 8.96. The molecule has 0 spiro atoms. The smallest absolute Gasteiger partial charge is 0.305 e. The summed E-state index contributed by atoms with van der Waals surface area (Å²) in [6.07, 6.45) is 4.59. The molecule has 0 unspecified atom stereocenters. The first-order chi connectivity index (χ1) is 11.8. The molecule has 7 heteroatoms. The Kier molecular flexibility index (Phi) is 4.27. The molecule has 1 N–H and O–H groups in total. The molecule has 0 atom stereocenters. The second-order valence-electron chi connectivity index (χ2n) is 5.97. The van der Waals surface area contributed by atoms with Crippen molar-refractivity contribution in [1.29, 1.82) is 0 Å². The molecule has 0 bridgehead atoms. The van der Waals surface area contributed by atoms with Gasteiger partial charge in [-0.2, -0.15) is 0 Å². The highest BCUT2D eigenvalue weighted by molar-refractivity contribution is 7.16. The summed E-state index contributed by atoms with van der Waals surface area (Å²) in [7, 11) is 0. The minimum atomic E-state index is 0.0152. The average molecular weight is 341 g/mol. The minimum absolute atomic E-state index is 0.0152. The van der Waals surface area contributed by atoms with Gasteiger partial charge in [-0.3, -0.25) is 9.69 Å². The van der Waals surface area contributed by atoms with Crippen molar-refractivity contribution in [3.8, 4) is 0 Å². The van der Waals surface area contributed by atoms with Gasteiger partial charge in [0.25, 0.3) is 0 Å². The normalized spacial score (nSPS) is 15.9. The van der Waals surface area contributed by atoms with Gasteiger partial charge in [0.15, 0.2) is 0 Å². The van der Waals surface area contributed by atoms with Crippen LogP contribution in [0.2, 0.25) is 0 Å². The summed E-state index contributed by atoms with van der Waals surface area (Å²) in [5.74, 6) is 0.824. The van der Waals surface area contributed by atoms with E-state index in [1.807, 2.05) is 12.1 Å². The van der Waals surface area contributed by atoms with E-state index in [4.69, 9.17) is 0 Å². The molecule has 1 aromatic carbocycles. The lowest BCUT2D eigenvalue weighted by atomic mass is 10.1. The second kappa shape index (κ2) is 6.70. The van der Waals surface area contributed by atoms with Gasteiger partial charge in [0.1, 0.15) is 0 Å². The zero-order valence-electron chi connectivity index (χ0n) is 13.3. The van der Waals surface area contributed by atoms with Crippen molar-refractivity contribution in [2.45, 2.75) is 6.42 Å². The van der Waals surface area contributed by atoms with Crippen molar-refractivity contribution >= 4 is 27.5 Å². The van der Waals surface area contributed by atoms with Crippen molar-refractivity contribution < 1.29 is 0 Å². The SMILES string of the molecule is O=c1[nH]c2ccc(CCN3CCN(c4ncccn4)CC3)cc2s1. The van der Waals surface area contributed by atoms with Gasteiger partial charge in [0, 0.05) is 45.1 Å². The zero-order valence-corrected chi connectivity index (χ0v) is 14.1. The zero-order chi connectivity index (χ0) is 16.4. The highest BCUT2D eigenvalue weighted by atomic mass is 32.1. The minimum Gasteiger partial charge on any atom is -0.338 e. The van der Waals surface area contributed by atoms with Crippen LogP contribution in [-0.4, -0.2) is 52.6 Å². The summed E-state index contributed by atoms with van der Waals surface area (Å²) in [6, 6.07) is 8.09. The maximum Gasteiger partial charge on any atom is 0.305 e. The topological polar surface area (TPSA) is 65.1 Å². The highest BCUT2D eigenvalue weighted by Gasteiger charge is 2.18. The Bertz CT molecular complexity index is 867. The Balaban J connectivity index is 1.32. The maximum absolute atomic E-state index is 11.4. The number of anilines is 1. The quantitative estimate of drug-likeness (QED) is 0.783. The maximum atomic E-state index is 11.4. The molecule has 24 heavy (non-hydrogen) atoms. The van der Waals surface area contributed by atoms with Gasteiger partial charge in [-0.05, 0) is 30.2 Å². The first kappa shape index (κ1) is 15.3. The number of H-pyrrole nitrogens is 1.